The first-order valence-electron chi connectivity index (χ1n) is 4.74. The molecule has 0 aromatic heterocycles. The maximum Gasteiger partial charge on any atom is 0.328 e. The van der Waals surface area contributed by atoms with Crippen LogP contribution in [0, 0.1) is 5.92 Å². The first kappa shape index (κ1) is 13.9. The van der Waals surface area contributed by atoms with E-state index in [1.165, 1.54) is 6.92 Å². The molecular weight excluding hydrogens is 200 g/mol. The smallest absolute Gasteiger partial charge is 0.328 e. The lowest BCUT2D eigenvalue weighted by atomic mass is 10.0. The molecule has 0 saturated heterocycles. The molecule has 3 atom stereocenters. The van der Waals surface area contributed by atoms with Gasteiger partial charge in [0, 0.05) is 0 Å². The first-order chi connectivity index (χ1) is 6.77. The molecule has 0 spiro atoms. The number of carboxylic acids is 1. The van der Waals surface area contributed by atoms with Crippen molar-refractivity contribution in [1.82, 2.24) is 5.32 Å². The molecular formula is C9H18N2O4. The number of hydrogen-bond acceptors (Lipinski definition) is 4. The van der Waals surface area contributed by atoms with E-state index in [1.54, 1.807) is 13.8 Å². The summed E-state index contributed by atoms with van der Waals surface area (Å²) in [6, 6.07) is -2.09. The highest BCUT2D eigenvalue weighted by atomic mass is 16.4. The molecule has 0 aliphatic heterocycles. The second-order valence-corrected chi connectivity index (χ2v) is 3.83. The zero-order valence-corrected chi connectivity index (χ0v) is 9.10. The Labute approximate surface area is 88.5 Å². The SMILES string of the molecule is CC(O)C(NC(=O)[C@H](N)C(C)C)C(=O)O. The van der Waals surface area contributed by atoms with Gasteiger partial charge >= 0.3 is 5.97 Å². The van der Waals surface area contributed by atoms with E-state index in [0.29, 0.717) is 0 Å². The molecule has 0 aliphatic carbocycles. The van der Waals surface area contributed by atoms with Crippen molar-refractivity contribution in [2.24, 2.45) is 11.7 Å². The van der Waals surface area contributed by atoms with Crippen LogP contribution in [-0.2, 0) is 9.59 Å². The molecule has 88 valence electrons. The molecule has 0 aromatic carbocycles. The molecule has 6 nitrogen and oxygen atoms in total. The number of carbonyl (C=O) groups excluding carboxylic acids is 1. The zero-order valence-electron chi connectivity index (χ0n) is 9.10. The fourth-order valence-corrected chi connectivity index (χ4v) is 0.941. The van der Waals surface area contributed by atoms with E-state index in [4.69, 9.17) is 15.9 Å². The lowest BCUT2D eigenvalue weighted by Crippen LogP contribution is -2.53. The minimum absolute atomic E-state index is 0.0894. The molecule has 0 heterocycles. The molecule has 5 N–H and O–H groups in total. The van der Waals surface area contributed by atoms with Gasteiger partial charge in [0.25, 0.3) is 0 Å². The normalized spacial score (nSPS) is 16.9. The zero-order chi connectivity index (χ0) is 12.2. The van der Waals surface area contributed by atoms with E-state index in [-0.39, 0.29) is 5.92 Å². The second kappa shape index (κ2) is 5.67. The van der Waals surface area contributed by atoms with Gasteiger partial charge in [0.2, 0.25) is 5.91 Å². The Bertz CT molecular complexity index is 240. The van der Waals surface area contributed by atoms with Crippen LogP contribution in [0.4, 0.5) is 0 Å². The van der Waals surface area contributed by atoms with Crippen molar-refractivity contribution in [3.8, 4) is 0 Å². The van der Waals surface area contributed by atoms with Crippen molar-refractivity contribution >= 4 is 11.9 Å². The van der Waals surface area contributed by atoms with E-state index >= 15 is 0 Å². The maximum absolute atomic E-state index is 11.4. The fraction of sp³-hybridized carbons (Fsp3) is 0.778. The summed E-state index contributed by atoms with van der Waals surface area (Å²) in [7, 11) is 0. The molecule has 0 aliphatic rings. The average molecular weight is 218 g/mol. The number of carbonyl (C=O) groups is 2. The molecule has 6 heteroatoms. The van der Waals surface area contributed by atoms with Gasteiger partial charge in [0.15, 0.2) is 6.04 Å². The van der Waals surface area contributed by atoms with E-state index in [0.717, 1.165) is 0 Å². The highest BCUT2D eigenvalue weighted by Gasteiger charge is 2.27. The number of nitrogens with two attached hydrogens (primary N) is 1. The summed E-state index contributed by atoms with van der Waals surface area (Å²) < 4.78 is 0. The predicted molar refractivity (Wildman–Crippen MR) is 54.1 cm³/mol. The van der Waals surface area contributed by atoms with Gasteiger partial charge in [-0.3, -0.25) is 4.79 Å². The topological polar surface area (TPSA) is 113 Å². The molecule has 0 aromatic rings. The van der Waals surface area contributed by atoms with Crippen LogP contribution >= 0.6 is 0 Å². The minimum atomic E-state index is -1.32. The molecule has 0 rings (SSSR count). The van der Waals surface area contributed by atoms with Crippen LogP contribution < -0.4 is 11.1 Å². The lowest BCUT2D eigenvalue weighted by Gasteiger charge is -2.21. The number of rotatable bonds is 5. The number of nitrogens with one attached hydrogen (secondary N) is 1. The van der Waals surface area contributed by atoms with E-state index in [2.05, 4.69) is 5.32 Å². The minimum Gasteiger partial charge on any atom is -0.480 e. The van der Waals surface area contributed by atoms with Crippen molar-refractivity contribution in [1.29, 1.82) is 0 Å². The highest BCUT2D eigenvalue weighted by molar-refractivity contribution is 5.87. The van der Waals surface area contributed by atoms with Crippen LogP contribution in [0.1, 0.15) is 20.8 Å². The van der Waals surface area contributed by atoms with Crippen molar-refractivity contribution in [2.45, 2.75) is 39.0 Å². The van der Waals surface area contributed by atoms with E-state index in [9.17, 15) is 9.59 Å². The number of aliphatic hydroxyl groups is 1. The summed E-state index contributed by atoms with van der Waals surface area (Å²) in [6.07, 6.45) is -1.16. The first-order valence-corrected chi connectivity index (χ1v) is 4.74. The largest absolute Gasteiger partial charge is 0.480 e. The molecule has 0 bridgehead atoms. The van der Waals surface area contributed by atoms with Crippen LogP contribution in [-0.4, -0.2) is 40.3 Å². The quantitative estimate of drug-likeness (QED) is 0.469. The van der Waals surface area contributed by atoms with Gasteiger partial charge < -0.3 is 21.3 Å². The molecule has 15 heavy (non-hydrogen) atoms. The highest BCUT2D eigenvalue weighted by Crippen LogP contribution is 2.00. The second-order valence-electron chi connectivity index (χ2n) is 3.83. The third-order valence-corrected chi connectivity index (χ3v) is 2.07. The van der Waals surface area contributed by atoms with Gasteiger partial charge in [-0.2, -0.15) is 0 Å². The Hall–Kier alpha value is -1.14. The molecule has 0 saturated carbocycles. The Balaban J connectivity index is 4.43. The van der Waals surface area contributed by atoms with Gasteiger partial charge in [-0.15, -0.1) is 0 Å². The standard InChI is InChI=1S/C9H18N2O4/c1-4(2)6(10)8(13)11-7(5(3)12)9(14)15/h4-7,12H,10H2,1-3H3,(H,11,13)(H,14,15)/t5?,6-,7?/m1/s1. The lowest BCUT2D eigenvalue weighted by molar-refractivity contribution is -0.145. The molecule has 2 unspecified atom stereocenters. The van der Waals surface area contributed by atoms with E-state index in [1.807, 2.05) is 0 Å². The monoisotopic (exact) mass is 218 g/mol. The number of hydrogen-bond donors (Lipinski definition) is 4. The molecule has 1 amide bonds. The van der Waals surface area contributed by atoms with Crippen LogP contribution in [0.25, 0.3) is 0 Å². The Morgan fingerprint density at radius 2 is 1.73 bits per heavy atom. The van der Waals surface area contributed by atoms with Crippen LogP contribution in [0.2, 0.25) is 0 Å². The third kappa shape index (κ3) is 4.26. The van der Waals surface area contributed by atoms with Crippen molar-refractivity contribution in [3.05, 3.63) is 0 Å². The van der Waals surface area contributed by atoms with Crippen LogP contribution in [0.15, 0.2) is 0 Å². The summed E-state index contributed by atoms with van der Waals surface area (Å²) in [5.41, 5.74) is 5.52. The van der Waals surface area contributed by atoms with Crippen LogP contribution in [0.3, 0.4) is 0 Å². The third-order valence-electron chi connectivity index (χ3n) is 2.07. The summed E-state index contributed by atoms with van der Waals surface area (Å²) in [5, 5.41) is 20.0. The number of carboxylic acid groups (broad SMARTS) is 1. The average Bonchev–Trinajstić information content (AvgIpc) is 2.11. The number of amides is 1. The summed E-state index contributed by atoms with van der Waals surface area (Å²) in [5.74, 6) is -1.94. The van der Waals surface area contributed by atoms with Gasteiger partial charge in [-0.1, -0.05) is 13.8 Å². The molecule has 0 fully saturated rings. The maximum atomic E-state index is 11.4. The number of aliphatic hydroxyl groups excluding tert-OH is 1. The van der Waals surface area contributed by atoms with Crippen LogP contribution in [0.5, 0.6) is 0 Å². The van der Waals surface area contributed by atoms with Gasteiger partial charge in [0.1, 0.15) is 0 Å². The van der Waals surface area contributed by atoms with Crippen molar-refractivity contribution < 1.29 is 19.8 Å². The Kier molecular flexibility index (Phi) is 5.24. The van der Waals surface area contributed by atoms with Gasteiger partial charge in [0.05, 0.1) is 12.1 Å². The fourth-order valence-electron chi connectivity index (χ4n) is 0.941. The number of aliphatic carboxylic acids is 1. The Morgan fingerprint density at radius 1 is 1.27 bits per heavy atom. The Morgan fingerprint density at radius 3 is 2.00 bits per heavy atom. The summed E-state index contributed by atoms with van der Waals surface area (Å²) >= 11 is 0. The predicted octanol–water partition coefficient (Wildman–Crippen LogP) is -1.08. The summed E-state index contributed by atoms with van der Waals surface area (Å²) in [6.45, 7) is 4.80. The van der Waals surface area contributed by atoms with Crippen molar-refractivity contribution in [3.63, 3.8) is 0 Å². The van der Waals surface area contributed by atoms with Crippen molar-refractivity contribution in [2.75, 3.05) is 0 Å². The van der Waals surface area contributed by atoms with E-state index < -0.39 is 30.1 Å². The molecule has 0 radical (unpaired) electrons. The van der Waals surface area contributed by atoms with Gasteiger partial charge in [-0.25, -0.2) is 4.79 Å². The summed E-state index contributed by atoms with van der Waals surface area (Å²) in [4.78, 5) is 22.0. The van der Waals surface area contributed by atoms with Gasteiger partial charge in [-0.05, 0) is 12.8 Å².